The Morgan fingerprint density at radius 1 is 0.500 bits per heavy atom. The predicted octanol–water partition coefficient (Wildman–Crippen LogP) is 7.32. The molecule has 0 bridgehead atoms. The molecule has 10 atom stereocenters. The molecule has 0 radical (unpaired) electrons. The van der Waals surface area contributed by atoms with Crippen molar-refractivity contribution >= 4 is 5.97 Å². The first kappa shape index (κ1) is 43.3. The molecule has 5 aromatic rings. The molecule has 0 aromatic heterocycles. The first-order chi connectivity index (χ1) is 29.4. The normalized spacial score (nSPS) is 26.6. The van der Waals surface area contributed by atoms with Gasteiger partial charge in [0.1, 0.15) is 36.6 Å². The average molecular weight is 819 g/mol. The molecule has 2 fully saturated rings. The Labute approximate surface area is 352 Å². The average Bonchev–Trinajstić information content (AvgIpc) is 3.27. The molecule has 2 aliphatic rings. The summed E-state index contributed by atoms with van der Waals surface area (Å²) in [6, 6.07) is 48.8. The number of carbonyl (C=O) groups is 1. The largest absolute Gasteiger partial charge is 0.454 e. The van der Waals surface area contributed by atoms with Crippen LogP contribution in [-0.4, -0.2) is 79.1 Å². The fraction of sp³-hybridized carbons (Fsp3) is 0.367. The third kappa shape index (κ3) is 12.2. The van der Waals surface area contributed by atoms with Crippen LogP contribution < -0.4 is 0 Å². The highest BCUT2D eigenvalue weighted by molar-refractivity contribution is 5.66. The van der Waals surface area contributed by atoms with Gasteiger partial charge in [0.15, 0.2) is 18.7 Å². The van der Waals surface area contributed by atoms with Crippen LogP contribution in [0.1, 0.15) is 41.7 Å². The molecule has 11 heteroatoms. The second kappa shape index (κ2) is 22.2. The van der Waals surface area contributed by atoms with E-state index in [-0.39, 0.29) is 33.0 Å². The first-order valence-electron chi connectivity index (χ1n) is 20.5. The standard InChI is InChI=1S/C49H54O11/c1-34-42(53-29-37-20-10-4-11-21-37)44(55-31-39-24-14-6-15-25-39)46(48(51)57-34)60-49-47(58-35(2)50)45(56-32-40-26-16-7-17-27-40)43(54-30-38-22-12-5-13-23-38)41(59-49)33-52-28-36-18-8-3-9-19-36/h3-27,34,41-49,51H,28-33H2,1-2H3/t34-,41+,42-,43+,44+,45-,46+,47-,48+,49-/m0/s1. The second-order valence-corrected chi connectivity index (χ2v) is 15.0. The van der Waals surface area contributed by atoms with Crippen LogP contribution in [0.3, 0.4) is 0 Å². The molecule has 60 heavy (non-hydrogen) atoms. The van der Waals surface area contributed by atoms with Crippen LogP contribution in [0.25, 0.3) is 0 Å². The maximum absolute atomic E-state index is 13.0. The van der Waals surface area contributed by atoms with Crippen LogP contribution in [0.2, 0.25) is 0 Å². The lowest BCUT2D eigenvalue weighted by Gasteiger charge is -2.49. The molecule has 2 heterocycles. The van der Waals surface area contributed by atoms with Crippen molar-refractivity contribution in [2.45, 2.75) is 108 Å². The highest BCUT2D eigenvalue weighted by atomic mass is 16.8. The van der Waals surface area contributed by atoms with E-state index in [1.54, 1.807) is 0 Å². The van der Waals surface area contributed by atoms with Gasteiger partial charge in [0.05, 0.1) is 45.7 Å². The van der Waals surface area contributed by atoms with Crippen LogP contribution >= 0.6 is 0 Å². The monoisotopic (exact) mass is 818 g/mol. The van der Waals surface area contributed by atoms with E-state index in [1.165, 1.54) is 6.92 Å². The van der Waals surface area contributed by atoms with Crippen molar-refractivity contribution < 1.29 is 52.5 Å². The molecule has 2 aliphatic heterocycles. The maximum Gasteiger partial charge on any atom is 0.303 e. The summed E-state index contributed by atoms with van der Waals surface area (Å²) in [6.45, 7) is 4.38. The number of benzene rings is 5. The number of aliphatic hydroxyl groups is 1. The van der Waals surface area contributed by atoms with Gasteiger partial charge in [0.25, 0.3) is 0 Å². The topological polar surface area (TPSA) is 120 Å². The van der Waals surface area contributed by atoms with E-state index < -0.39 is 67.4 Å². The molecule has 5 aromatic carbocycles. The summed E-state index contributed by atoms with van der Waals surface area (Å²) >= 11 is 0. The molecule has 1 N–H and O–H groups in total. The predicted molar refractivity (Wildman–Crippen MR) is 222 cm³/mol. The summed E-state index contributed by atoms with van der Waals surface area (Å²) in [5, 5.41) is 11.7. The lowest BCUT2D eigenvalue weighted by Crippen LogP contribution is -2.65. The van der Waals surface area contributed by atoms with Crippen LogP contribution in [0.5, 0.6) is 0 Å². The Morgan fingerprint density at radius 2 is 0.883 bits per heavy atom. The fourth-order valence-electron chi connectivity index (χ4n) is 7.47. The zero-order valence-electron chi connectivity index (χ0n) is 34.0. The van der Waals surface area contributed by atoms with Crippen molar-refractivity contribution in [1.82, 2.24) is 0 Å². The Balaban J connectivity index is 1.22. The number of aliphatic hydroxyl groups excluding tert-OH is 1. The molecular formula is C49H54O11. The number of esters is 1. The Morgan fingerprint density at radius 3 is 1.32 bits per heavy atom. The summed E-state index contributed by atoms with van der Waals surface area (Å²) in [7, 11) is 0. The first-order valence-corrected chi connectivity index (χ1v) is 20.5. The van der Waals surface area contributed by atoms with Gasteiger partial charge < -0.3 is 47.7 Å². The molecular weight excluding hydrogens is 765 g/mol. The van der Waals surface area contributed by atoms with Crippen LogP contribution in [0.15, 0.2) is 152 Å². The van der Waals surface area contributed by atoms with Crippen molar-refractivity contribution in [2.24, 2.45) is 0 Å². The third-order valence-electron chi connectivity index (χ3n) is 10.5. The van der Waals surface area contributed by atoms with Crippen LogP contribution in [0.4, 0.5) is 0 Å². The van der Waals surface area contributed by atoms with E-state index in [0.717, 1.165) is 27.8 Å². The minimum atomic E-state index is -1.47. The van der Waals surface area contributed by atoms with Crippen molar-refractivity contribution in [3.63, 3.8) is 0 Å². The Bertz CT molecular complexity index is 1970. The lowest BCUT2D eigenvalue weighted by atomic mass is 9.96. The molecule has 316 valence electrons. The van der Waals surface area contributed by atoms with Gasteiger partial charge in [-0.25, -0.2) is 0 Å². The van der Waals surface area contributed by atoms with Gasteiger partial charge in [-0.2, -0.15) is 0 Å². The molecule has 7 rings (SSSR count). The Hall–Kier alpha value is -4.79. The van der Waals surface area contributed by atoms with Gasteiger partial charge in [-0.3, -0.25) is 4.79 Å². The third-order valence-corrected chi connectivity index (χ3v) is 10.5. The van der Waals surface area contributed by atoms with Gasteiger partial charge >= 0.3 is 5.97 Å². The highest BCUT2D eigenvalue weighted by Gasteiger charge is 2.54. The summed E-state index contributed by atoms with van der Waals surface area (Å²) < 4.78 is 58.6. The molecule has 0 spiro atoms. The van der Waals surface area contributed by atoms with E-state index in [0.29, 0.717) is 6.61 Å². The minimum absolute atomic E-state index is 0.0731. The molecule has 0 unspecified atom stereocenters. The van der Waals surface area contributed by atoms with Crippen molar-refractivity contribution in [1.29, 1.82) is 0 Å². The number of carbonyl (C=O) groups excluding carboxylic acids is 1. The molecule has 0 saturated carbocycles. The van der Waals surface area contributed by atoms with E-state index >= 15 is 0 Å². The Kier molecular flexibility index (Phi) is 16.0. The van der Waals surface area contributed by atoms with Gasteiger partial charge in [0, 0.05) is 6.92 Å². The minimum Gasteiger partial charge on any atom is -0.454 e. The molecule has 2 saturated heterocycles. The van der Waals surface area contributed by atoms with Gasteiger partial charge in [-0.1, -0.05) is 152 Å². The van der Waals surface area contributed by atoms with Gasteiger partial charge in [0.2, 0.25) is 0 Å². The molecule has 0 aliphatic carbocycles. The summed E-state index contributed by atoms with van der Waals surface area (Å²) in [5.41, 5.74) is 4.69. The lowest BCUT2D eigenvalue weighted by molar-refractivity contribution is -0.372. The van der Waals surface area contributed by atoms with Gasteiger partial charge in [-0.05, 0) is 34.7 Å². The van der Waals surface area contributed by atoms with Gasteiger partial charge in [-0.15, -0.1) is 0 Å². The smallest absolute Gasteiger partial charge is 0.303 e. The zero-order chi connectivity index (χ0) is 41.5. The molecule has 11 nitrogen and oxygen atoms in total. The van der Waals surface area contributed by atoms with Crippen molar-refractivity contribution in [3.05, 3.63) is 179 Å². The summed E-state index contributed by atoms with van der Waals surface area (Å²) in [4.78, 5) is 13.0. The number of rotatable bonds is 19. The highest BCUT2D eigenvalue weighted by Crippen LogP contribution is 2.35. The van der Waals surface area contributed by atoms with Crippen molar-refractivity contribution in [3.8, 4) is 0 Å². The maximum atomic E-state index is 13.0. The summed E-state index contributed by atoms with van der Waals surface area (Å²) in [6.07, 6.45) is -9.74. The van der Waals surface area contributed by atoms with E-state index in [4.69, 9.17) is 42.6 Å². The quantitative estimate of drug-likeness (QED) is 0.0845. The number of ether oxygens (including phenoxy) is 9. The number of hydrogen-bond donors (Lipinski definition) is 1. The SMILES string of the molecule is CC(=O)O[C@@H]1[C@H](O[C@@H]2[C@H](OCc3ccccc3)[C@@H](OCc3ccccc3)[C@H](C)O[C@H]2O)O[C@H](COCc2ccccc2)[C@@H](OCc2ccccc2)[C@@H]1OCc1ccccc1. The van der Waals surface area contributed by atoms with Crippen LogP contribution in [-0.2, 0) is 80.5 Å². The number of hydrogen-bond acceptors (Lipinski definition) is 11. The fourth-order valence-corrected chi connectivity index (χ4v) is 7.47. The second-order valence-electron chi connectivity index (χ2n) is 15.0. The summed E-state index contributed by atoms with van der Waals surface area (Å²) in [5.74, 6) is -0.582. The molecule has 0 amide bonds. The zero-order valence-corrected chi connectivity index (χ0v) is 34.0. The van der Waals surface area contributed by atoms with E-state index in [9.17, 15) is 9.90 Å². The van der Waals surface area contributed by atoms with Crippen LogP contribution in [0, 0.1) is 0 Å². The van der Waals surface area contributed by atoms with Crippen molar-refractivity contribution in [2.75, 3.05) is 6.61 Å². The van der Waals surface area contributed by atoms with E-state index in [2.05, 4.69) is 0 Å². The van der Waals surface area contributed by atoms with E-state index in [1.807, 2.05) is 159 Å².